The van der Waals surface area contributed by atoms with Gasteiger partial charge in [-0.25, -0.2) is 4.68 Å². The second-order valence-electron chi connectivity index (χ2n) is 5.53. The Morgan fingerprint density at radius 1 is 1.38 bits per heavy atom. The number of hydrogen-bond acceptors (Lipinski definition) is 5. The fourth-order valence-electron chi connectivity index (χ4n) is 2.73. The van der Waals surface area contributed by atoms with E-state index in [1.807, 2.05) is 18.9 Å². The van der Waals surface area contributed by atoms with Crippen LogP contribution in [0.1, 0.15) is 51.9 Å². The van der Waals surface area contributed by atoms with Crippen LogP contribution in [0.2, 0.25) is 0 Å². The van der Waals surface area contributed by atoms with Crippen molar-refractivity contribution in [3.63, 3.8) is 0 Å². The van der Waals surface area contributed by atoms with Crippen LogP contribution in [-0.2, 0) is 11.3 Å². The third-order valence-corrected chi connectivity index (χ3v) is 5.12. The fraction of sp³-hybridized carbons (Fsp3) is 0.857. The second kappa shape index (κ2) is 8.36. The molecule has 1 saturated carbocycles. The van der Waals surface area contributed by atoms with E-state index in [2.05, 4.69) is 15.5 Å². The average molecular weight is 311 g/mol. The zero-order valence-corrected chi connectivity index (χ0v) is 13.8. The van der Waals surface area contributed by atoms with Gasteiger partial charge < -0.3 is 4.90 Å². The summed E-state index contributed by atoms with van der Waals surface area (Å²) in [4.78, 5) is 14.2. The maximum atomic E-state index is 12.2. The molecule has 1 aliphatic rings. The third kappa shape index (κ3) is 4.69. The first-order chi connectivity index (χ1) is 10.2. The molecule has 0 radical (unpaired) electrons. The highest BCUT2D eigenvalue weighted by Crippen LogP contribution is 2.22. The molecule has 118 valence electrons. The minimum atomic E-state index is 0.276. The summed E-state index contributed by atoms with van der Waals surface area (Å²) in [5.74, 6) is 1.16. The van der Waals surface area contributed by atoms with E-state index in [1.54, 1.807) is 16.4 Å². The van der Waals surface area contributed by atoms with Crippen molar-refractivity contribution in [2.24, 2.45) is 0 Å². The lowest BCUT2D eigenvalue weighted by Crippen LogP contribution is -2.38. The van der Waals surface area contributed by atoms with Gasteiger partial charge in [0.05, 0.1) is 0 Å². The van der Waals surface area contributed by atoms with Gasteiger partial charge >= 0.3 is 0 Å². The molecule has 0 N–H and O–H groups in total. The highest BCUT2D eigenvalue weighted by atomic mass is 32.2. The number of amides is 1. The summed E-state index contributed by atoms with van der Waals surface area (Å²) in [5, 5.41) is 12.4. The minimum absolute atomic E-state index is 0.276. The van der Waals surface area contributed by atoms with E-state index in [9.17, 15) is 4.79 Å². The van der Waals surface area contributed by atoms with Crippen molar-refractivity contribution in [1.29, 1.82) is 0 Å². The Bertz CT molecular complexity index is 444. The zero-order chi connectivity index (χ0) is 15.1. The van der Waals surface area contributed by atoms with E-state index in [0.717, 1.165) is 23.9 Å². The highest BCUT2D eigenvalue weighted by molar-refractivity contribution is 7.99. The quantitative estimate of drug-likeness (QED) is 0.571. The minimum Gasteiger partial charge on any atom is -0.343 e. The predicted molar refractivity (Wildman–Crippen MR) is 83.1 cm³/mol. The van der Waals surface area contributed by atoms with E-state index >= 15 is 0 Å². The molecule has 1 heterocycles. The maximum absolute atomic E-state index is 12.2. The second-order valence-corrected chi connectivity index (χ2v) is 6.59. The lowest BCUT2D eigenvalue weighted by molar-refractivity contribution is -0.132. The summed E-state index contributed by atoms with van der Waals surface area (Å²) >= 11 is 1.62. The molecule has 0 bridgehead atoms. The molecule has 1 amide bonds. The molecule has 7 heteroatoms. The zero-order valence-electron chi connectivity index (χ0n) is 13.0. The monoisotopic (exact) mass is 311 g/mol. The van der Waals surface area contributed by atoms with Crippen LogP contribution in [0.5, 0.6) is 0 Å². The van der Waals surface area contributed by atoms with Crippen LogP contribution in [0.4, 0.5) is 0 Å². The molecule has 1 aromatic heterocycles. The Morgan fingerprint density at radius 2 is 2.14 bits per heavy atom. The molecule has 0 atom stereocenters. The lowest BCUT2D eigenvalue weighted by Gasteiger charge is -2.31. The van der Waals surface area contributed by atoms with E-state index in [-0.39, 0.29) is 5.91 Å². The number of rotatable bonds is 7. The molecular weight excluding hydrogens is 286 g/mol. The summed E-state index contributed by atoms with van der Waals surface area (Å²) in [5.41, 5.74) is 0. The number of aryl methyl sites for hydroxylation is 1. The number of carbonyl (C=O) groups excluding carboxylic acids is 1. The molecule has 1 aromatic rings. The van der Waals surface area contributed by atoms with Crippen molar-refractivity contribution < 1.29 is 4.79 Å². The van der Waals surface area contributed by atoms with Crippen LogP contribution < -0.4 is 0 Å². The molecular formula is C14H25N5OS. The van der Waals surface area contributed by atoms with Gasteiger partial charge in [-0.3, -0.25) is 4.79 Å². The van der Waals surface area contributed by atoms with Crippen LogP contribution in [0, 0.1) is 0 Å². The van der Waals surface area contributed by atoms with E-state index in [0.29, 0.717) is 12.5 Å². The van der Waals surface area contributed by atoms with Crippen LogP contribution in [0.25, 0.3) is 0 Å². The summed E-state index contributed by atoms with van der Waals surface area (Å²) in [6.07, 6.45) is 7.67. The standard InChI is InChI=1S/C14H25N5OS/c1-3-19-14(15-16-17-19)21-11-7-10-13(20)18(2)12-8-5-4-6-9-12/h12H,3-11H2,1-2H3. The van der Waals surface area contributed by atoms with Gasteiger partial charge in [0.1, 0.15) is 0 Å². The molecule has 21 heavy (non-hydrogen) atoms. The number of carbonyl (C=O) groups is 1. The number of aromatic nitrogens is 4. The average Bonchev–Trinajstić information content (AvgIpc) is 2.99. The first-order valence-electron chi connectivity index (χ1n) is 7.87. The van der Waals surface area contributed by atoms with E-state index in [4.69, 9.17) is 0 Å². The van der Waals surface area contributed by atoms with Gasteiger partial charge in [-0.05, 0) is 36.6 Å². The normalized spacial score (nSPS) is 16.1. The Morgan fingerprint density at radius 3 is 2.86 bits per heavy atom. The SMILES string of the molecule is CCn1nnnc1SCCCC(=O)N(C)C1CCCCC1. The number of nitrogens with zero attached hydrogens (tertiary/aromatic N) is 5. The first kappa shape index (κ1) is 16.3. The molecule has 6 nitrogen and oxygen atoms in total. The summed E-state index contributed by atoms with van der Waals surface area (Å²) < 4.78 is 1.78. The number of thioether (sulfide) groups is 1. The maximum Gasteiger partial charge on any atom is 0.222 e. The van der Waals surface area contributed by atoms with Gasteiger partial charge in [0, 0.05) is 31.8 Å². The van der Waals surface area contributed by atoms with Crippen LogP contribution in [0.15, 0.2) is 5.16 Å². The summed E-state index contributed by atoms with van der Waals surface area (Å²) in [6.45, 7) is 2.79. The van der Waals surface area contributed by atoms with Crippen LogP contribution in [0.3, 0.4) is 0 Å². The Balaban J connectivity index is 1.66. The highest BCUT2D eigenvalue weighted by Gasteiger charge is 2.21. The number of hydrogen-bond donors (Lipinski definition) is 0. The molecule has 1 aliphatic carbocycles. The van der Waals surface area contributed by atoms with Crippen molar-refractivity contribution in [2.75, 3.05) is 12.8 Å². The summed E-state index contributed by atoms with van der Waals surface area (Å²) in [7, 11) is 1.96. The first-order valence-corrected chi connectivity index (χ1v) is 8.85. The Kier molecular flexibility index (Phi) is 6.48. The van der Waals surface area contributed by atoms with E-state index < -0.39 is 0 Å². The Labute approximate surface area is 130 Å². The van der Waals surface area contributed by atoms with Crippen molar-refractivity contribution in [2.45, 2.75) is 69.6 Å². The van der Waals surface area contributed by atoms with Gasteiger partial charge in [-0.1, -0.05) is 31.0 Å². The van der Waals surface area contributed by atoms with Gasteiger partial charge in [0.2, 0.25) is 11.1 Å². The van der Waals surface area contributed by atoms with Crippen molar-refractivity contribution in [3.8, 4) is 0 Å². The van der Waals surface area contributed by atoms with Gasteiger partial charge in [-0.2, -0.15) is 0 Å². The molecule has 0 unspecified atom stereocenters. The predicted octanol–water partition coefficient (Wildman–Crippen LogP) is 2.36. The lowest BCUT2D eigenvalue weighted by atomic mass is 9.94. The molecule has 0 aromatic carbocycles. The van der Waals surface area contributed by atoms with Gasteiger partial charge in [0.25, 0.3) is 0 Å². The van der Waals surface area contributed by atoms with Crippen molar-refractivity contribution >= 4 is 17.7 Å². The molecule has 2 rings (SSSR count). The van der Waals surface area contributed by atoms with Crippen molar-refractivity contribution in [1.82, 2.24) is 25.1 Å². The summed E-state index contributed by atoms with van der Waals surface area (Å²) in [6, 6.07) is 0.464. The topological polar surface area (TPSA) is 63.9 Å². The molecule has 0 spiro atoms. The van der Waals surface area contributed by atoms with Crippen LogP contribution in [-0.4, -0.2) is 49.9 Å². The smallest absolute Gasteiger partial charge is 0.222 e. The Hall–Kier alpha value is -1.11. The molecule has 0 aliphatic heterocycles. The van der Waals surface area contributed by atoms with Crippen LogP contribution >= 0.6 is 11.8 Å². The van der Waals surface area contributed by atoms with Gasteiger partial charge in [0.15, 0.2) is 0 Å². The third-order valence-electron chi connectivity index (χ3n) is 4.08. The largest absolute Gasteiger partial charge is 0.343 e. The molecule has 1 fully saturated rings. The van der Waals surface area contributed by atoms with Gasteiger partial charge in [-0.15, -0.1) is 5.10 Å². The number of tetrazole rings is 1. The fourth-order valence-corrected chi connectivity index (χ4v) is 3.61. The molecule has 0 saturated heterocycles. The van der Waals surface area contributed by atoms with E-state index in [1.165, 1.54) is 32.1 Å². The van der Waals surface area contributed by atoms with Crippen molar-refractivity contribution in [3.05, 3.63) is 0 Å².